The van der Waals surface area contributed by atoms with Gasteiger partial charge in [-0.25, -0.2) is 0 Å². The van der Waals surface area contributed by atoms with Crippen molar-refractivity contribution in [2.45, 2.75) is 13.8 Å². The van der Waals surface area contributed by atoms with Crippen LogP contribution in [-0.4, -0.2) is 0 Å². The van der Waals surface area contributed by atoms with E-state index in [1.54, 1.807) is 0 Å². The van der Waals surface area contributed by atoms with Crippen LogP contribution in [0.15, 0.2) is 36.4 Å². The maximum atomic E-state index is 6.10. The average molecular weight is 232 g/mol. The van der Waals surface area contributed by atoms with Crippen molar-refractivity contribution in [1.29, 1.82) is 0 Å². The largest absolute Gasteiger partial charge is 0.398 e. The highest BCUT2D eigenvalue weighted by Gasteiger charge is 2.02. The van der Waals surface area contributed by atoms with Gasteiger partial charge in [0, 0.05) is 10.7 Å². The summed E-state index contributed by atoms with van der Waals surface area (Å²) in [6.45, 7) is 4.00. The zero-order valence-corrected chi connectivity index (χ0v) is 10.2. The van der Waals surface area contributed by atoms with Crippen LogP contribution < -0.4 is 5.73 Å². The highest BCUT2D eigenvalue weighted by atomic mass is 35.5. The Balaban J connectivity index is 2.50. The fraction of sp³-hybridized carbons (Fsp3) is 0.143. The van der Waals surface area contributed by atoms with Crippen molar-refractivity contribution in [2.24, 2.45) is 0 Å². The summed E-state index contributed by atoms with van der Waals surface area (Å²) in [7, 11) is 0. The lowest BCUT2D eigenvalue weighted by atomic mass is 10.0. The van der Waals surface area contributed by atoms with Crippen LogP contribution in [0.2, 0.25) is 5.02 Å². The molecule has 0 amide bonds. The van der Waals surface area contributed by atoms with Crippen LogP contribution in [0.1, 0.15) is 11.1 Å². The van der Waals surface area contributed by atoms with Crippen LogP contribution in [0.3, 0.4) is 0 Å². The minimum absolute atomic E-state index is 0.789. The lowest BCUT2D eigenvalue weighted by Crippen LogP contribution is -1.90. The molecular formula is C14H14ClN. The van der Waals surface area contributed by atoms with Crippen molar-refractivity contribution < 1.29 is 0 Å². The molecule has 1 nitrogen and oxygen atoms in total. The summed E-state index contributed by atoms with van der Waals surface area (Å²) >= 11 is 6.10. The van der Waals surface area contributed by atoms with Crippen LogP contribution >= 0.6 is 11.6 Å². The van der Waals surface area contributed by atoms with E-state index in [0.717, 1.165) is 33.0 Å². The van der Waals surface area contributed by atoms with E-state index in [-0.39, 0.29) is 0 Å². The van der Waals surface area contributed by atoms with Gasteiger partial charge in [0.15, 0.2) is 0 Å². The molecule has 82 valence electrons. The van der Waals surface area contributed by atoms with Gasteiger partial charge in [0.25, 0.3) is 0 Å². The van der Waals surface area contributed by atoms with Crippen LogP contribution in [0.5, 0.6) is 0 Å². The molecule has 2 aromatic carbocycles. The van der Waals surface area contributed by atoms with E-state index in [4.69, 9.17) is 17.3 Å². The predicted molar refractivity (Wildman–Crippen MR) is 70.8 cm³/mol. The molecule has 0 aliphatic rings. The van der Waals surface area contributed by atoms with E-state index in [9.17, 15) is 0 Å². The number of nitrogen functional groups attached to an aromatic ring is 1. The molecule has 16 heavy (non-hydrogen) atoms. The lowest BCUT2D eigenvalue weighted by Gasteiger charge is -2.07. The predicted octanol–water partition coefficient (Wildman–Crippen LogP) is 4.21. The first-order valence-corrected chi connectivity index (χ1v) is 5.58. The summed E-state index contributed by atoms with van der Waals surface area (Å²) in [6, 6.07) is 12.1. The SMILES string of the molecule is Cc1ccc(-c2ccc(C)c(Cl)c2)cc1N. The molecular weight excluding hydrogens is 218 g/mol. The molecule has 2 N–H and O–H groups in total. The fourth-order valence-electron chi connectivity index (χ4n) is 1.59. The molecule has 0 saturated heterocycles. The van der Waals surface area contributed by atoms with Gasteiger partial charge in [0.05, 0.1) is 0 Å². The van der Waals surface area contributed by atoms with Gasteiger partial charge in [-0.15, -0.1) is 0 Å². The highest BCUT2D eigenvalue weighted by Crippen LogP contribution is 2.27. The Morgan fingerprint density at radius 2 is 1.44 bits per heavy atom. The summed E-state index contributed by atoms with van der Waals surface area (Å²) in [5.41, 5.74) is 11.1. The topological polar surface area (TPSA) is 26.0 Å². The van der Waals surface area contributed by atoms with Crippen LogP contribution in [0.4, 0.5) is 5.69 Å². The molecule has 0 aliphatic heterocycles. The molecule has 2 aromatic rings. The number of nitrogens with two attached hydrogens (primary N) is 1. The van der Waals surface area contributed by atoms with Crippen molar-refractivity contribution in [1.82, 2.24) is 0 Å². The van der Waals surface area contributed by atoms with Gasteiger partial charge in [0.1, 0.15) is 0 Å². The summed E-state index contributed by atoms with van der Waals surface area (Å²) in [6.07, 6.45) is 0. The summed E-state index contributed by atoms with van der Waals surface area (Å²) in [5, 5.41) is 0.789. The molecule has 2 rings (SSSR count). The number of rotatable bonds is 1. The zero-order valence-electron chi connectivity index (χ0n) is 9.42. The second-order valence-electron chi connectivity index (χ2n) is 4.04. The van der Waals surface area contributed by atoms with E-state index < -0.39 is 0 Å². The number of halogens is 1. The third-order valence-electron chi connectivity index (χ3n) is 2.78. The number of hydrogen-bond donors (Lipinski definition) is 1. The molecule has 0 unspecified atom stereocenters. The fourth-order valence-corrected chi connectivity index (χ4v) is 1.77. The minimum atomic E-state index is 0.789. The highest BCUT2D eigenvalue weighted by molar-refractivity contribution is 6.31. The maximum Gasteiger partial charge on any atom is 0.0441 e. The zero-order chi connectivity index (χ0) is 11.7. The Hall–Kier alpha value is -1.47. The molecule has 0 aliphatic carbocycles. The third kappa shape index (κ3) is 2.05. The Morgan fingerprint density at radius 3 is 2.00 bits per heavy atom. The second-order valence-corrected chi connectivity index (χ2v) is 4.44. The second kappa shape index (κ2) is 4.18. The van der Waals surface area contributed by atoms with Gasteiger partial charge in [0.2, 0.25) is 0 Å². The molecule has 2 heteroatoms. The monoisotopic (exact) mass is 231 g/mol. The number of anilines is 1. The number of benzene rings is 2. The van der Waals surface area contributed by atoms with Crippen molar-refractivity contribution in [3.63, 3.8) is 0 Å². The van der Waals surface area contributed by atoms with Gasteiger partial charge in [-0.3, -0.25) is 0 Å². The first-order chi connectivity index (χ1) is 7.58. The van der Waals surface area contributed by atoms with E-state index >= 15 is 0 Å². The summed E-state index contributed by atoms with van der Waals surface area (Å²) in [4.78, 5) is 0. The van der Waals surface area contributed by atoms with Crippen molar-refractivity contribution in [2.75, 3.05) is 5.73 Å². The van der Waals surface area contributed by atoms with Crippen molar-refractivity contribution >= 4 is 17.3 Å². The molecule has 0 bridgehead atoms. The van der Waals surface area contributed by atoms with Crippen molar-refractivity contribution in [3.8, 4) is 11.1 Å². The summed E-state index contributed by atoms with van der Waals surface area (Å²) < 4.78 is 0. The van der Waals surface area contributed by atoms with E-state index in [1.165, 1.54) is 0 Å². The lowest BCUT2D eigenvalue weighted by molar-refractivity contribution is 1.45. The Kier molecular flexibility index (Phi) is 2.88. The Bertz CT molecular complexity index is 483. The summed E-state index contributed by atoms with van der Waals surface area (Å²) in [5.74, 6) is 0. The third-order valence-corrected chi connectivity index (χ3v) is 3.19. The van der Waals surface area contributed by atoms with E-state index in [0.29, 0.717) is 0 Å². The maximum absolute atomic E-state index is 6.10. The minimum Gasteiger partial charge on any atom is -0.398 e. The first kappa shape index (κ1) is 11.0. The number of hydrogen-bond acceptors (Lipinski definition) is 1. The molecule has 0 atom stereocenters. The molecule has 0 radical (unpaired) electrons. The average Bonchev–Trinajstić information content (AvgIpc) is 2.26. The normalized spacial score (nSPS) is 10.4. The van der Waals surface area contributed by atoms with Crippen LogP contribution in [0, 0.1) is 13.8 Å². The molecule has 0 fully saturated rings. The van der Waals surface area contributed by atoms with Gasteiger partial charge >= 0.3 is 0 Å². The molecule has 0 saturated carbocycles. The first-order valence-electron chi connectivity index (χ1n) is 5.20. The van der Waals surface area contributed by atoms with Crippen molar-refractivity contribution in [3.05, 3.63) is 52.5 Å². The molecule has 0 heterocycles. The van der Waals surface area contributed by atoms with E-state index in [2.05, 4.69) is 12.1 Å². The van der Waals surface area contributed by atoms with Gasteiger partial charge in [-0.05, 0) is 48.2 Å². The molecule has 0 aromatic heterocycles. The van der Waals surface area contributed by atoms with Gasteiger partial charge in [-0.1, -0.05) is 35.9 Å². The Labute approximate surface area is 101 Å². The van der Waals surface area contributed by atoms with Gasteiger partial charge in [-0.2, -0.15) is 0 Å². The van der Waals surface area contributed by atoms with Crippen LogP contribution in [0.25, 0.3) is 11.1 Å². The van der Waals surface area contributed by atoms with Gasteiger partial charge < -0.3 is 5.73 Å². The standard InChI is InChI=1S/C14H14ClN/c1-9-3-5-11(7-13(9)15)12-6-4-10(2)14(16)8-12/h3-8H,16H2,1-2H3. The quantitative estimate of drug-likeness (QED) is 0.732. The van der Waals surface area contributed by atoms with E-state index in [1.807, 2.05) is 38.1 Å². The number of aryl methyl sites for hydroxylation is 2. The smallest absolute Gasteiger partial charge is 0.0441 e. The molecule has 0 spiro atoms. The Morgan fingerprint density at radius 1 is 0.875 bits per heavy atom. The van der Waals surface area contributed by atoms with Crippen LogP contribution in [-0.2, 0) is 0 Å².